The Morgan fingerprint density at radius 1 is 1.53 bits per heavy atom. The maximum Gasteiger partial charge on any atom is 0.152 e. The Balaban J connectivity index is 2.47. The van der Waals surface area contributed by atoms with Crippen molar-refractivity contribution in [1.82, 2.24) is 4.98 Å². The molecule has 1 aromatic heterocycles. The van der Waals surface area contributed by atoms with Crippen LogP contribution in [0.4, 0.5) is 0 Å². The summed E-state index contributed by atoms with van der Waals surface area (Å²) in [7, 11) is 0. The minimum absolute atomic E-state index is 0.174. The van der Waals surface area contributed by atoms with Crippen molar-refractivity contribution in [2.75, 3.05) is 0 Å². The number of pyridine rings is 1. The first-order chi connectivity index (χ1) is 7.24. The summed E-state index contributed by atoms with van der Waals surface area (Å²) in [6.45, 7) is 4.18. The highest BCUT2D eigenvalue weighted by Gasteiger charge is 2.05. The summed E-state index contributed by atoms with van der Waals surface area (Å²) in [5.41, 5.74) is 0. The van der Waals surface area contributed by atoms with E-state index in [0.717, 1.165) is 23.2 Å². The van der Waals surface area contributed by atoms with Gasteiger partial charge in [0.15, 0.2) is 5.75 Å². The van der Waals surface area contributed by atoms with E-state index in [1.165, 1.54) is 0 Å². The van der Waals surface area contributed by atoms with Gasteiger partial charge in [-0.25, -0.2) is 4.98 Å². The van der Waals surface area contributed by atoms with Gasteiger partial charge in [-0.2, -0.15) is 0 Å². The molecule has 0 aliphatic carbocycles. The average molecular weight is 270 g/mol. The SMILES string of the molecule is CC/C=C/C[C@@H](C)Oc1cccnc1Br. The van der Waals surface area contributed by atoms with E-state index in [0.29, 0.717) is 0 Å². The lowest BCUT2D eigenvalue weighted by Gasteiger charge is -2.13. The maximum absolute atomic E-state index is 5.73. The van der Waals surface area contributed by atoms with Gasteiger partial charge < -0.3 is 4.74 Å². The molecule has 0 spiro atoms. The molecule has 0 bridgehead atoms. The third-order valence-electron chi connectivity index (χ3n) is 1.92. The Hall–Kier alpha value is -0.830. The molecule has 82 valence electrons. The van der Waals surface area contributed by atoms with Crippen molar-refractivity contribution in [3.63, 3.8) is 0 Å². The van der Waals surface area contributed by atoms with Crippen molar-refractivity contribution >= 4 is 15.9 Å². The topological polar surface area (TPSA) is 22.1 Å². The second kappa shape index (κ2) is 6.62. The van der Waals surface area contributed by atoms with Crippen molar-refractivity contribution in [3.05, 3.63) is 35.1 Å². The number of nitrogens with zero attached hydrogens (tertiary/aromatic N) is 1. The number of rotatable bonds is 5. The smallest absolute Gasteiger partial charge is 0.152 e. The van der Waals surface area contributed by atoms with Gasteiger partial charge in [-0.1, -0.05) is 19.1 Å². The molecule has 3 heteroatoms. The molecule has 1 heterocycles. The van der Waals surface area contributed by atoms with Crippen molar-refractivity contribution in [2.45, 2.75) is 32.8 Å². The number of halogens is 1. The molecule has 0 unspecified atom stereocenters. The lowest BCUT2D eigenvalue weighted by atomic mass is 10.2. The van der Waals surface area contributed by atoms with Crippen LogP contribution in [-0.4, -0.2) is 11.1 Å². The van der Waals surface area contributed by atoms with E-state index >= 15 is 0 Å². The lowest BCUT2D eigenvalue weighted by Crippen LogP contribution is -2.10. The predicted molar refractivity (Wildman–Crippen MR) is 66.1 cm³/mol. The fraction of sp³-hybridized carbons (Fsp3) is 0.417. The van der Waals surface area contributed by atoms with Gasteiger partial charge in [-0.3, -0.25) is 0 Å². The van der Waals surface area contributed by atoms with Crippen LogP contribution in [0.2, 0.25) is 0 Å². The molecule has 0 N–H and O–H groups in total. The van der Waals surface area contributed by atoms with E-state index in [1.54, 1.807) is 6.20 Å². The fourth-order valence-corrected chi connectivity index (χ4v) is 1.52. The van der Waals surface area contributed by atoms with Crippen LogP contribution in [-0.2, 0) is 0 Å². The Morgan fingerprint density at radius 2 is 2.33 bits per heavy atom. The summed E-state index contributed by atoms with van der Waals surface area (Å²) in [6, 6.07) is 3.78. The Labute approximate surface area is 99.5 Å². The molecule has 1 rings (SSSR count). The molecule has 15 heavy (non-hydrogen) atoms. The van der Waals surface area contributed by atoms with E-state index in [-0.39, 0.29) is 6.10 Å². The summed E-state index contributed by atoms with van der Waals surface area (Å²) in [6.07, 6.45) is 8.21. The molecule has 2 nitrogen and oxygen atoms in total. The minimum atomic E-state index is 0.174. The summed E-state index contributed by atoms with van der Waals surface area (Å²) >= 11 is 3.35. The quantitative estimate of drug-likeness (QED) is 0.596. The molecule has 0 fully saturated rings. The van der Waals surface area contributed by atoms with Crippen LogP contribution in [0.1, 0.15) is 26.7 Å². The normalized spacial score (nSPS) is 13.0. The van der Waals surface area contributed by atoms with Crippen LogP contribution in [0.5, 0.6) is 5.75 Å². The summed E-state index contributed by atoms with van der Waals surface area (Å²) in [5, 5.41) is 0. The summed E-state index contributed by atoms with van der Waals surface area (Å²) in [4.78, 5) is 4.10. The predicted octanol–water partition coefficient (Wildman–Crippen LogP) is 3.97. The Kier molecular flexibility index (Phi) is 5.40. The molecular weight excluding hydrogens is 254 g/mol. The molecule has 0 radical (unpaired) electrons. The first-order valence-electron chi connectivity index (χ1n) is 5.16. The number of hydrogen-bond donors (Lipinski definition) is 0. The van der Waals surface area contributed by atoms with Crippen molar-refractivity contribution in [1.29, 1.82) is 0 Å². The van der Waals surface area contributed by atoms with Gasteiger partial charge in [0, 0.05) is 12.6 Å². The van der Waals surface area contributed by atoms with Gasteiger partial charge in [0.25, 0.3) is 0 Å². The number of hydrogen-bond acceptors (Lipinski definition) is 2. The molecule has 1 aromatic rings. The van der Waals surface area contributed by atoms with Crippen LogP contribution in [0.3, 0.4) is 0 Å². The standard InChI is InChI=1S/C12H16BrNO/c1-3-4-5-7-10(2)15-11-8-6-9-14-12(11)13/h4-6,8-10H,3,7H2,1-2H3/b5-4+/t10-/m1/s1. The van der Waals surface area contributed by atoms with Crippen LogP contribution >= 0.6 is 15.9 Å². The maximum atomic E-state index is 5.73. The van der Waals surface area contributed by atoms with E-state index in [2.05, 4.69) is 46.9 Å². The minimum Gasteiger partial charge on any atom is -0.488 e. The van der Waals surface area contributed by atoms with Crippen LogP contribution < -0.4 is 4.74 Å². The first kappa shape index (κ1) is 12.2. The van der Waals surface area contributed by atoms with Gasteiger partial charge in [-0.15, -0.1) is 0 Å². The second-order valence-electron chi connectivity index (χ2n) is 3.34. The number of allylic oxidation sites excluding steroid dienone is 1. The molecule has 0 aromatic carbocycles. The number of aromatic nitrogens is 1. The monoisotopic (exact) mass is 269 g/mol. The van der Waals surface area contributed by atoms with Gasteiger partial charge in [0.05, 0.1) is 6.10 Å². The van der Waals surface area contributed by atoms with Gasteiger partial charge in [-0.05, 0) is 41.4 Å². The summed E-state index contributed by atoms with van der Waals surface area (Å²) in [5.74, 6) is 0.801. The fourth-order valence-electron chi connectivity index (χ4n) is 1.18. The van der Waals surface area contributed by atoms with Gasteiger partial charge in [0.1, 0.15) is 4.60 Å². The van der Waals surface area contributed by atoms with Crippen molar-refractivity contribution < 1.29 is 4.74 Å². The van der Waals surface area contributed by atoms with E-state index < -0.39 is 0 Å². The zero-order valence-corrected chi connectivity index (χ0v) is 10.7. The highest BCUT2D eigenvalue weighted by atomic mass is 79.9. The molecule has 0 amide bonds. The number of ether oxygens (including phenoxy) is 1. The molecule has 0 saturated carbocycles. The zero-order chi connectivity index (χ0) is 11.1. The van der Waals surface area contributed by atoms with Gasteiger partial charge >= 0.3 is 0 Å². The molecule has 0 aliphatic heterocycles. The Bertz CT molecular complexity index is 325. The second-order valence-corrected chi connectivity index (χ2v) is 4.09. The van der Waals surface area contributed by atoms with Crippen LogP contribution in [0, 0.1) is 0 Å². The zero-order valence-electron chi connectivity index (χ0n) is 9.11. The van der Waals surface area contributed by atoms with E-state index in [1.807, 2.05) is 12.1 Å². The van der Waals surface area contributed by atoms with Crippen molar-refractivity contribution in [2.24, 2.45) is 0 Å². The highest BCUT2D eigenvalue weighted by Crippen LogP contribution is 2.22. The van der Waals surface area contributed by atoms with Crippen LogP contribution in [0.15, 0.2) is 35.1 Å². The largest absolute Gasteiger partial charge is 0.488 e. The molecule has 1 atom stereocenters. The summed E-state index contributed by atoms with van der Waals surface area (Å²) < 4.78 is 6.49. The van der Waals surface area contributed by atoms with E-state index in [4.69, 9.17) is 4.74 Å². The highest BCUT2D eigenvalue weighted by molar-refractivity contribution is 9.10. The third-order valence-corrected chi connectivity index (χ3v) is 2.52. The first-order valence-corrected chi connectivity index (χ1v) is 5.95. The molecular formula is C12H16BrNO. The van der Waals surface area contributed by atoms with Crippen LogP contribution in [0.25, 0.3) is 0 Å². The van der Waals surface area contributed by atoms with E-state index in [9.17, 15) is 0 Å². The lowest BCUT2D eigenvalue weighted by molar-refractivity contribution is 0.222. The molecule has 0 saturated heterocycles. The Morgan fingerprint density at radius 3 is 3.00 bits per heavy atom. The van der Waals surface area contributed by atoms with Crippen molar-refractivity contribution in [3.8, 4) is 5.75 Å². The molecule has 0 aliphatic rings. The third kappa shape index (κ3) is 4.47. The average Bonchev–Trinajstić information content (AvgIpc) is 2.22. The van der Waals surface area contributed by atoms with Gasteiger partial charge in [0.2, 0.25) is 0 Å².